The first-order chi connectivity index (χ1) is 9.25. The van der Waals surface area contributed by atoms with Crippen LogP contribution >= 0.6 is 11.8 Å². The van der Waals surface area contributed by atoms with E-state index in [-0.39, 0.29) is 0 Å². The lowest BCUT2D eigenvalue weighted by molar-refractivity contribution is 0.731. The van der Waals surface area contributed by atoms with E-state index in [1.807, 2.05) is 11.8 Å². The Kier molecular flexibility index (Phi) is 5.49. The van der Waals surface area contributed by atoms with Gasteiger partial charge in [-0.1, -0.05) is 36.4 Å². The van der Waals surface area contributed by atoms with Crippen molar-refractivity contribution >= 4 is 11.8 Å². The van der Waals surface area contributed by atoms with E-state index >= 15 is 0 Å². The van der Waals surface area contributed by atoms with Gasteiger partial charge in [0.25, 0.3) is 0 Å². The average molecular weight is 271 g/mol. The largest absolute Gasteiger partial charge is 0.312 e. The molecule has 19 heavy (non-hydrogen) atoms. The van der Waals surface area contributed by atoms with Crippen LogP contribution in [0.4, 0.5) is 0 Å². The normalized spacial score (nSPS) is 10.6. The van der Waals surface area contributed by atoms with Gasteiger partial charge in [-0.05, 0) is 42.7 Å². The molecule has 2 aromatic rings. The number of nitrogens with one attached hydrogen (secondary N) is 1. The Balaban J connectivity index is 1.68. The molecular weight excluding hydrogens is 250 g/mol. The fourth-order valence-corrected chi connectivity index (χ4v) is 2.74. The second kappa shape index (κ2) is 7.37. The maximum atomic E-state index is 3.50. The van der Waals surface area contributed by atoms with Crippen molar-refractivity contribution in [3.05, 3.63) is 65.2 Å². The summed E-state index contributed by atoms with van der Waals surface area (Å²) in [6.45, 7) is 6.32. The van der Waals surface area contributed by atoms with Crippen LogP contribution in [0.15, 0.2) is 53.4 Å². The van der Waals surface area contributed by atoms with Gasteiger partial charge in [-0.15, -0.1) is 11.8 Å². The summed E-state index contributed by atoms with van der Waals surface area (Å²) in [7, 11) is 0. The third-order valence-electron chi connectivity index (χ3n) is 3.19. The van der Waals surface area contributed by atoms with Gasteiger partial charge in [-0.25, -0.2) is 0 Å². The molecule has 0 aliphatic heterocycles. The Labute approximate surface area is 120 Å². The van der Waals surface area contributed by atoms with E-state index in [9.17, 15) is 0 Å². The third kappa shape index (κ3) is 4.73. The zero-order valence-electron chi connectivity index (χ0n) is 11.6. The van der Waals surface area contributed by atoms with Crippen molar-refractivity contribution in [2.24, 2.45) is 0 Å². The maximum absolute atomic E-state index is 3.50. The van der Waals surface area contributed by atoms with Gasteiger partial charge < -0.3 is 5.32 Å². The fraction of sp³-hybridized carbons (Fsp3) is 0.294. The monoisotopic (exact) mass is 271 g/mol. The van der Waals surface area contributed by atoms with E-state index in [0.717, 1.165) is 18.8 Å². The molecule has 0 heterocycles. The van der Waals surface area contributed by atoms with Crippen LogP contribution < -0.4 is 5.32 Å². The molecule has 0 unspecified atom stereocenters. The van der Waals surface area contributed by atoms with Crippen LogP contribution in [0.1, 0.15) is 16.7 Å². The minimum atomic E-state index is 0.955. The SMILES string of the molecule is Cc1ccc(CNCCSc2ccccc2)cc1C. The van der Waals surface area contributed by atoms with E-state index in [4.69, 9.17) is 0 Å². The summed E-state index contributed by atoms with van der Waals surface area (Å²) in [4.78, 5) is 1.34. The van der Waals surface area contributed by atoms with Crippen LogP contribution in [0, 0.1) is 13.8 Å². The Bertz CT molecular complexity index is 508. The van der Waals surface area contributed by atoms with Gasteiger partial charge >= 0.3 is 0 Å². The molecule has 0 aliphatic rings. The van der Waals surface area contributed by atoms with E-state index in [1.165, 1.54) is 21.6 Å². The van der Waals surface area contributed by atoms with Crippen molar-refractivity contribution in [1.82, 2.24) is 5.32 Å². The van der Waals surface area contributed by atoms with Crippen LogP contribution in [-0.2, 0) is 6.54 Å². The highest BCUT2D eigenvalue weighted by atomic mass is 32.2. The predicted octanol–water partition coefficient (Wildman–Crippen LogP) is 4.19. The zero-order chi connectivity index (χ0) is 13.5. The molecule has 0 fully saturated rings. The van der Waals surface area contributed by atoms with Gasteiger partial charge in [0.2, 0.25) is 0 Å². The van der Waals surface area contributed by atoms with Gasteiger partial charge in [0.15, 0.2) is 0 Å². The van der Waals surface area contributed by atoms with Crippen molar-refractivity contribution in [1.29, 1.82) is 0 Å². The van der Waals surface area contributed by atoms with E-state index in [2.05, 4.69) is 67.7 Å². The van der Waals surface area contributed by atoms with Crippen molar-refractivity contribution < 1.29 is 0 Å². The molecule has 0 amide bonds. The van der Waals surface area contributed by atoms with E-state index in [0.29, 0.717) is 0 Å². The van der Waals surface area contributed by atoms with Crippen LogP contribution in [0.3, 0.4) is 0 Å². The second-order valence-corrected chi connectivity index (χ2v) is 5.93. The standard InChI is InChI=1S/C17H21NS/c1-14-8-9-16(12-15(14)2)13-18-10-11-19-17-6-4-3-5-7-17/h3-9,12,18H,10-11,13H2,1-2H3. The Morgan fingerprint density at radius 3 is 2.47 bits per heavy atom. The highest BCUT2D eigenvalue weighted by molar-refractivity contribution is 7.99. The summed E-state index contributed by atoms with van der Waals surface area (Å²) in [6, 6.07) is 17.2. The van der Waals surface area contributed by atoms with Gasteiger partial charge in [0.1, 0.15) is 0 Å². The molecule has 0 bridgehead atoms. The third-order valence-corrected chi connectivity index (χ3v) is 4.20. The average Bonchev–Trinajstić information content (AvgIpc) is 2.43. The molecule has 2 heteroatoms. The summed E-state index contributed by atoms with van der Waals surface area (Å²) in [5, 5.41) is 3.50. The first-order valence-electron chi connectivity index (χ1n) is 6.70. The minimum Gasteiger partial charge on any atom is -0.312 e. The minimum absolute atomic E-state index is 0.955. The molecule has 1 N–H and O–H groups in total. The molecule has 0 radical (unpaired) electrons. The fourth-order valence-electron chi connectivity index (χ4n) is 1.90. The Morgan fingerprint density at radius 1 is 0.947 bits per heavy atom. The van der Waals surface area contributed by atoms with Crippen molar-refractivity contribution in [2.45, 2.75) is 25.3 Å². The number of hydrogen-bond donors (Lipinski definition) is 1. The quantitative estimate of drug-likeness (QED) is 0.624. The Morgan fingerprint density at radius 2 is 1.74 bits per heavy atom. The van der Waals surface area contributed by atoms with Gasteiger partial charge in [-0.2, -0.15) is 0 Å². The van der Waals surface area contributed by atoms with Gasteiger partial charge in [0, 0.05) is 23.7 Å². The number of hydrogen-bond acceptors (Lipinski definition) is 2. The summed E-state index contributed by atoms with van der Waals surface area (Å²) in [5.74, 6) is 1.11. The molecule has 0 atom stereocenters. The smallest absolute Gasteiger partial charge is 0.0205 e. The molecule has 1 nitrogen and oxygen atoms in total. The predicted molar refractivity (Wildman–Crippen MR) is 84.8 cm³/mol. The van der Waals surface area contributed by atoms with Gasteiger partial charge in [-0.3, -0.25) is 0 Å². The highest BCUT2D eigenvalue weighted by Crippen LogP contribution is 2.16. The highest BCUT2D eigenvalue weighted by Gasteiger charge is 1.97. The van der Waals surface area contributed by atoms with Crippen molar-refractivity contribution in [3.63, 3.8) is 0 Å². The molecule has 0 saturated heterocycles. The van der Waals surface area contributed by atoms with Crippen LogP contribution in [0.25, 0.3) is 0 Å². The number of rotatable bonds is 6. The zero-order valence-corrected chi connectivity index (χ0v) is 12.5. The van der Waals surface area contributed by atoms with Crippen LogP contribution in [-0.4, -0.2) is 12.3 Å². The topological polar surface area (TPSA) is 12.0 Å². The number of benzene rings is 2. The number of thioether (sulfide) groups is 1. The van der Waals surface area contributed by atoms with Gasteiger partial charge in [0.05, 0.1) is 0 Å². The molecule has 2 rings (SSSR count). The van der Waals surface area contributed by atoms with Crippen LogP contribution in [0.2, 0.25) is 0 Å². The lowest BCUT2D eigenvalue weighted by Gasteiger charge is -2.07. The molecular formula is C17H21NS. The summed E-state index contributed by atoms with van der Waals surface area (Å²) in [5.41, 5.74) is 4.11. The number of aryl methyl sites for hydroxylation is 2. The lowest BCUT2D eigenvalue weighted by Crippen LogP contribution is -2.16. The summed E-state index contributed by atoms with van der Waals surface area (Å²) >= 11 is 1.90. The molecule has 0 aliphatic carbocycles. The van der Waals surface area contributed by atoms with Crippen molar-refractivity contribution in [2.75, 3.05) is 12.3 Å². The van der Waals surface area contributed by atoms with Crippen molar-refractivity contribution in [3.8, 4) is 0 Å². The second-order valence-electron chi connectivity index (χ2n) is 4.76. The Hall–Kier alpha value is -1.25. The van der Waals surface area contributed by atoms with Crippen LogP contribution in [0.5, 0.6) is 0 Å². The lowest BCUT2D eigenvalue weighted by atomic mass is 10.1. The molecule has 0 aromatic heterocycles. The summed E-state index contributed by atoms with van der Waals surface area (Å²) < 4.78 is 0. The first-order valence-corrected chi connectivity index (χ1v) is 7.69. The molecule has 100 valence electrons. The molecule has 0 spiro atoms. The molecule has 0 saturated carbocycles. The van der Waals surface area contributed by atoms with E-state index in [1.54, 1.807) is 0 Å². The van der Waals surface area contributed by atoms with E-state index < -0.39 is 0 Å². The first kappa shape index (κ1) is 14.2. The summed E-state index contributed by atoms with van der Waals surface area (Å²) in [6.07, 6.45) is 0. The maximum Gasteiger partial charge on any atom is 0.0205 e. The molecule has 2 aromatic carbocycles.